The highest BCUT2D eigenvalue weighted by Gasteiger charge is 2.27. The molecule has 0 aromatic heterocycles. The molecule has 1 aliphatic carbocycles. The van der Waals surface area contributed by atoms with E-state index in [1.165, 1.54) is 12.1 Å². The van der Waals surface area contributed by atoms with Crippen LogP contribution < -0.4 is 4.72 Å². The molecule has 1 N–H and O–H groups in total. The van der Waals surface area contributed by atoms with Crippen molar-refractivity contribution in [2.75, 3.05) is 0 Å². The Labute approximate surface area is 114 Å². The van der Waals surface area contributed by atoms with Crippen LogP contribution in [0.3, 0.4) is 0 Å². The highest BCUT2D eigenvalue weighted by atomic mass is 32.2. The maximum atomic E-state index is 12.4. The number of hydrogen-bond acceptors (Lipinski definition) is 3. The zero-order chi connectivity index (χ0) is 13.9. The van der Waals surface area contributed by atoms with Gasteiger partial charge in [0.05, 0.1) is 10.5 Å². The number of sulfonamides is 1. The first kappa shape index (κ1) is 14.0. The molecule has 0 amide bonds. The van der Waals surface area contributed by atoms with E-state index in [1.807, 2.05) is 6.07 Å². The van der Waals surface area contributed by atoms with Crippen LogP contribution in [0.1, 0.15) is 38.2 Å². The molecule has 0 radical (unpaired) electrons. The molecule has 0 bridgehead atoms. The number of benzene rings is 1. The van der Waals surface area contributed by atoms with Crippen molar-refractivity contribution < 1.29 is 8.42 Å². The number of nitriles is 1. The minimum atomic E-state index is -3.61. The molecule has 1 fully saturated rings. The molecule has 102 valence electrons. The van der Waals surface area contributed by atoms with Crippen LogP contribution >= 0.6 is 0 Å². The summed E-state index contributed by atoms with van der Waals surface area (Å²) < 4.78 is 27.5. The molecule has 1 aliphatic rings. The third-order valence-corrected chi connectivity index (χ3v) is 5.26. The van der Waals surface area contributed by atoms with Crippen molar-refractivity contribution in [2.45, 2.75) is 43.5 Å². The molecule has 0 spiro atoms. The smallest absolute Gasteiger partial charge is 0.208 e. The second kappa shape index (κ2) is 5.72. The van der Waals surface area contributed by atoms with E-state index in [4.69, 9.17) is 5.26 Å². The maximum Gasteiger partial charge on any atom is 0.242 e. The Balaban J connectivity index is 2.25. The molecular formula is C14H18N2O2S. The van der Waals surface area contributed by atoms with Gasteiger partial charge in [-0.1, -0.05) is 31.9 Å². The van der Waals surface area contributed by atoms with Gasteiger partial charge in [-0.05, 0) is 30.9 Å². The first-order valence-electron chi connectivity index (χ1n) is 6.56. The highest BCUT2D eigenvalue weighted by molar-refractivity contribution is 7.89. The fourth-order valence-electron chi connectivity index (χ4n) is 2.55. The Hall–Kier alpha value is -1.38. The van der Waals surface area contributed by atoms with Crippen molar-refractivity contribution in [3.05, 3.63) is 29.8 Å². The van der Waals surface area contributed by atoms with Crippen LogP contribution in [0, 0.1) is 17.2 Å². The van der Waals surface area contributed by atoms with Gasteiger partial charge in [0, 0.05) is 6.04 Å². The van der Waals surface area contributed by atoms with E-state index in [0.717, 1.165) is 25.7 Å². The van der Waals surface area contributed by atoms with Gasteiger partial charge in [0.2, 0.25) is 10.0 Å². The van der Waals surface area contributed by atoms with E-state index in [-0.39, 0.29) is 16.5 Å². The van der Waals surface area contributed by atoms with Crippen molar-refractivity contribution >= 4 is 10.0 Å². The summed E-state index contributed by atoms with van der Waals surface area (Å²) in [5.74, 6) is 0.345. The largest absolute Gasteiger partial charge is 0.242 e. The van der Waals surface area contributed by atoms with Crippen molar-refractivity contribution in [1.82, 2.24) is 4.72 Å². The molecule has 0 saturated heterocycles. The standard InChI is InChI=1S/C14H18N2O2S/c1-11-6-2-4-8-13(11)16-19(17,18)14-9-5-3-7-12(14)10-15/h3,5,7,9,11,13,16H,2,4,6,8H2,1H3. The lowest BCUT2D eigenvalue weighted by molar-refractivity contribution is 0.310. The van der Waals surface area contributed by atoms with Gasteiger partial charge < -0.3 is 0 Å². The predicted octanol–water partition coefficient (Wildman–Crippen LogP) is 2.42. The Morgan fingerprint density at radius 1 is 1.26 bits per heavy atom. The summed E-state index contributed by atoms with van der Waals surface area (Å²) in [6.45, 7) is 2.07. The van der Waals surface area contributed by atoms with Crippen LogP contribution in [0.25, 0.3) is 0 Å². The van der Waals surface area contributed by atoms with Gasteiger partial charge in [0.25, 0.3) is 0 Å². The molecule has 1 aromatic carbocycles. The summed E-state index contributed by atoms with van der Waals surface area (Å²) in [6, 6.07) is 8.22. The van der Waals surface area contributed by atoms with E-state index in [0.29, 0.717) is 5.92 Å². The summed E-state index contributed by atoms with van der Waals surface area (Å²) in [5, 5.41) is 9.00. The van der Waals surface area contributed by atoms with Crippen LogP contribution in [0.4, 0.5) is 0 Å². The summed E-state index contributed by atoms with van der Waals surface area (Å²) >= 11 is 0. The molecule has 1 saturated carbocycles. The van der Waals surface area contributed by atoms with Gasteiger partial charge in [-0.15, -0.1) is 0 Å². The lowest BCUT2D eigenvalue weighted by Crippen LogP contribution is -2.41. The van der Waals surface area contributed by atoms with Gasteiger partial charge in [0.1, 0.15) is 6.07 Å². The highest BCUT2D eigenvalue weighted by Crippen LogP contribution is 2.25. The van der Waals surface area contributed by atoms with Gasteiger partial charge >= 0.3 is 0 Å². The lowest BCUT2D eigenvalue weighted by Gasteiger charge is -2.29. The van der Waals surface area contributed by atoms with Crippen LogP contribution in [-0.2, 0) is 10.0 Å². The fraction of sp³-hybridized carbons (Fsp3) is 0.500. The Kier molecular flexibility index (Phi) is 4.23. The topological polar surface area (TPSA) is 70.0 Å². The SMILES string of the molecule is CC1CCCCC1NS(=O)(=O)c1ccccc1C#N. The molecule has 19 heavy (non-hydrogen) atoms. The fourth-order valence-corrected chi connectivity index (χ4v) is 4.08. The normalized spacial score (nSPS) is 23.8. The van der Waals surface area contributed by atoms with E-state index in [2.05, 4.69) is 11.6 Å². The summed E-state index contributed by atoms with van der Waals surface area (Å²) in [4.78, 5) is 0.0790. The molecule has 4 nitrogen and oxygen atoms in total. The summed E-state index contributed by atoms with van der Waals surface area (Å²) in [7, 11) is -3.61. The Bertz CT molecular complexity index is 590. The van der Waals surface area contributed by atoms with Crippen LogP contribution in [0.15, 0.2) is 29.2 Å². The Morgan fingerprint density at radius 3 is 2.63 bits per heavy atom. The Morgan fingerprint density at radius 2 is 1.95 bits per heavy atom. The minimum absolute atomic E-state index is 0.0227. The van der Waals surface area contributed by atoms with E-state index < -0.39 is 10.0 Å². The van der Waals surface area contributed by atoms with Gasteiger partial charge in [-0.2, -0.15) is 5.26 Å². The molecule has 0 aliphatic heterocycles. The van der Waals surface area contributed by atoms with E-state index in [9.17, 15) is 8.42 Å². The predicted molar refractivity (Wildman–Crippen MR) is 72.9 cm³/mol. The third-order valence-electron chi connectivity index (χ3n) is 3.72. The second-order valence-electron chi connectivity index (χ2n) is 5.10. The zero-order valence-electron chi connectivity index (χ0n) is 11.0. The van der Waals surface area contributed by atoms with Crippen molar-refractivity contribution in [3.63, 3.8) is 0 Å². The molecule has 2 atom stereocenters. The third kappa shape index (κ3) is 3.14. The van der Waals surface area contributed by atoms with E-state index in [1.54, 1.807) is 12.1 Å². The van der Waals surface area contributed by atoms with Crippen LogP contribution in [0.5, 0.6) is 0 Å². The molecular weight excluding hydrogens is 260 g/mol. The molecule has 2 unspecified atom stereocenters. The van der Waals surface area contributed by atoms with Gasteiger partial charge in [0.15, 0.2) is 0 Å². The average Bonchev–Trinajstić information content (AvgIpc) is 2.41. The van der Waals surface area contributed by atoms with Crippen LogP contribution in [-0.4, -0.2) is 14.5 Å². The molecule has 0 heterocycles. The summed E-state index contributed by atoms with van der Waals surface area (Å²) in [5.41, 5.74) is 0.193. The monoisotopic (exact) mass is 278 g/mol. The van der Waals surface area contributed by atoms with Crippen molar-refractivity contribution in [1.29, 1.82) is 5.26 Å². The van der Waals surface area contributed by atoms with Crippen molar-refractivity contribution in [3.8, 4) is 6.07 Å². The molecule has 5 heteroatoms. The number of hydrogen-bond donors (Lipinski definition) is 1. The number of rotatable bonds is 3. The van der Waals surface area contributed by atoms with Gasteiger partial charge in [-0.3, -0.25) is 0 Å². The first-order valence-corrected chi connectivity index (χ1v) is 8.04. The van der Waals surface area contributed by atoms with Crippen molar-refractivity contribution in [2.24, 2.45) is 5.92 Å². The maximum absolute atomic E-state index is 12.4. The zero-order valence-corrected chi connectivity index (χ0v) is 11.8. The van der Waals surface area contributed by atoms with Gasteiger partial charge in [-0.25, -0.2) is 13.1 Å². The average molecular weight is 278 g/mol. The molecule has 1 aromatic rings. The molecule has 2 rings (SSSR count). The van der Waals surface area contributed by atoms with Crippen LogP contribution in [0.2, 0.25) is 0 Å². The number of nitrogens with zero attached hydrogens (tertiary/aromatic N) is 1. The second-order valence-corrected chi connectivity index (χ2v) is 6.78. The van der Waals surface area contributed by atoms with E-state index >= 15 is 0 Å². The number of nitrogens with one attached hydrogen (secondary N) is 1. The summed E-state index contributed by atoms with van der Waals surface area (Å²) in [6.07, 6.45) is 4.13. The minimum Gasteiger partial charge on any atom is -0.208 e. The lowest BCUT2D eigenvalue weighted by atomic mass is 9.87. The quantitative estimate of drug-likeness (QED) is 0.923. The first-order chi connectivity index (χ1) is 9.04.